The van der Waals surface area contributed by atoms with Crippen LogP contribution in [0.15, 0.2) is 36.4 Å². The molecule has 2 aromatic rings. The number of anilines is 2. The topological polar surface area (TPSA) is 111 Å². The van der Waals surface area contributed by atoms with Gasteiger partial charge in [0.1, 0.15) is 16.5 Å². The number of nitrogens with zero attached hydrogens (tertiary/aromatic N) is 2. The molecule has 0 atom stereocenters. The van der Waals surface area contributed by atoms with Crippen molar-refractivity contribution in [3.8, 4) is 0 Å². The Kier molecular flexibility index (Phi) is 10.6. The summed E-state index contributed by atoms with van der Waals surface area (Å²) in [5.74, 6) is 1.25. The van der Waals surface area contributed by atoms with Gasteiger partial charge in [-0.15, -0.1) is 0 Å². The van der Waals surface area contributed by atoms with Gasteiger partial charge in [0.25, 0.3) is 0 Å². The molecule has 0 heterocycles. The van der Waals surface area contributed by atoms with E-state index in [9.17, 15) is 0 Å². The van der Waals surface area contributed by atoms with Gasteiger partial charge in [-0.1, -0.05) is 131 Å². The number of para-hydroxylation sites is 2. The van der Waals surface area contributed by atoms with E-state index >= 15 is 0 Å². The minimum absolute atomic E-state index is 0.311. The van der Waals surface area contributed by atoms with E-state index in [1.54, 1.807) is 0 Å². The van der Waals surface area contributed by atoms with E-state index in [1.807, 2.05) is 0 Å². The molecular weight excluding hydrogens is 557 g/mol. The molecule has 0 amide bonds. The summed E-state index contributed by atoms with van der Waals surface area (Å²) in [6, 6.07) is 13.3. The van der Waals surface area contributed by atoms with Crippen LogP contribution in [0.2, 0.25) is 39.3 Å². The quantitative estimate of drug-likeness (QED) is 0.203. The van der Waals surface area contributed by atoms with E-state index in [0.29, 0.717) is 23.7 Å². The lowest BCUT2D eigenvalue weighted by atomic mass is 9.93. The molecule has 40 heavy (non-hydrogen) atoms. The minimum atomic E-state index is -3.51. The largest absolute Gasteiger partial charge is 0.400 e. The highest BCUT2D eigenvalue weighted by Gasteiger charge is 2.62. The molecule has 10 heteroatoms. The summed E-state index contributed by atoms with van der Waals surface area (Å²) in [4.78, 5) is 0. The first-order valence-electron chi connectivity index (χ1n) is 15.0. The van der Waals surface area contributed by atoms with Crippen LogP contribution in [0.5, 0.6) is 0 Å². The van der Waals surface area contributed by atoms with Gasteiger partial charge in [-0.2, -0.15) is 0 Å². The van der Waals surface area contributed by atoms with Crippen molar-refractivity contribution in [2.45, 2.75) is 118 Å². The van der Waals surface area contributed by atoms with Gasteiger partial charge >= 0.3 is 16.2 Å². The van der Waals surface area contributed by atoms with Gasteiger partial charge in [-0.05, 0) is 45.9 Å². The molecule has 0 aliphatic rings. The van der Waals surface area contributed by atoms with E-state index in [2.05, 4.69) is 140 Å². The van der Waals surface area contributed by atoms with Crippen LogP contribution in [0.25, 0.3) is 0 Å². The van der Waals surface area contributed by atoms with Crippen LogP contribution in [0, 0.1) is 0 Å². The molecule has 226 valence electrons. The Hall–Kier alpha value is -1.25. The zero-order chi connectivity index (χ0) is 31.2. The average Bonchev–Trinajstić information content (AvgIpc) is 2.76. The molecule has 0 saturated heterocycles. The lowest BCUT2D eigenvalue weighted by molar-refractivity contribution is 0.832. The van der Waals surface area contributed by atoms with Gasteiger partial charge in [-0.3, -0.25) is 0 Å². The molecule has 0 aliphatic heterocycles. The Morgan fingerprint density at radius 3 is 0.800 bits per heavy atom. The highest BCUT2D eigenvalue weighted by molar-refractivity contribution is 7.45. The van der Waals surface area contributed by atoms with E-state index in [4.69, 9.17) is 21.6 Å². The van der Waals surface area contributed by atoms with Gasteiger partial charge in [0, 0.05) is 11.4 Å². The number of nitrogens with two attached hydrogens (primary N) is 4. The fourth-order valence-corrected chi connectivity index (χ4v) is 30.8. The van der Waals surface area contributed by atoms with Crippen LogP contribution in [0.1, 0.15) is 101 Å². The molecule has 0 spiro atoms. The maximum Gasteiger partial charge on any atom is 0.343 e. The van der Waals surface area contributed by atoms with Crippen molar-refractivity contribution >= 4 is 44.0 Å². The van der Waals surface area contributed by atoms with Crippen LogP contribution < -0.4 is 30.1 Å². The standard InChI is InChI=1S/C30H60N6Si4/c1-21(2)25-17-15-18-26(22(3)4)29(25)35(37(9,10)11)39(31,32)40(33,34)36(38(12,13)14)30-27(23(5)6)19-16-20-28(30)24(7)8/h15-24H,31-34H2,1-14H3. The highest BCUT2D eigenvalue weighted by Crippen LogP contribution is 2.43. The number of rotatable bonds is 11. The summed E-state index contributed by atoms with van der Waals surface area (Å²) in [6.07, 6.45) is 0. The number of hydrogen-bond donors (Lipinski definition) is 4. The van der Waals surface area contributed by atoms with E-state index in [0.717, 1.165) is 0 Å². The molecule has 8 N–H and O–H groups in total. The van der Waals surface area contributed by atoms with E-state index < -0.39 is 32.6 Å². The van der Waals surface area contributed by atoms with Crippen LogP contribution in [0.3, 0.4) is 0 Å². The molecule has 0 bridgehead atoms. The van der Waals surface area contributed by atoms with Crippen molar-refractivity contribution in [1.82, 2.24) is 0 Å². The third kappa shape index (κ3) is 6.70. The predicted molar refractivity (Wildman–Crippen MR) is 189 cm³/mol. The van der Waals surface area contributed by atoms with Gasteiger partial charge in [0.05, 0.1) is 0 Å². The normalized spacial score (nSPS) is 13.7. The summed E-state index contributed by atoms with van der Waals surface area (Å²) in [5, 5.41) is 30.6. The van der Waals surface area contributed by atoms with Crippen LogP contribution in [-0.2, 0) is 0 Å². The summed E-state index contributed by atoms with van der Waals surface area (Å²) < 4.78 is 4.91. The summed E-state index contributed by atoms with van der Waals surface area (Å²) >= 11 is 0. The second-order valence-corrected chi connectivity index (χ2v) is 34.3. The lowest BCUT2D eigenvalue weighted by Gasteiger charge is -2.58. The maximum absolute atomic E-state index is 7.65. The van der Waals surface area contributed by atoms with E-state index in [-0.39, 0.29) is 0 Å². The molecule has 6 nitrogen and oxygen atoms in total. The first kappa shape index (κ1) is 34.9. The summed E-state index contributed by atoms with van der Waals surface area (Å²) in [5.41, 5.74) is 7.47. The van der Waals surface area contributed by atoms with Gasteiger partial charge in [0.2, 0.25) is 0 Å². The second-order valence-electron chi connectivity index (χ2n) is 14.9. The Bertz CT molecular complexity index is 1020. The van der Waals surface area contributed by atoms with Crippen molar-refractivity contribution in [2.75, 3.05) is 8.46 Å². The van der Waals surface area contributed by atoms with E-state index in [1.165, 1.54) is 33.6 Å². The molecule has 0 aliphatic carbocycles. The fourth-order valence-electron chi connectivity index (χ4n) is 6.05. The Morgan fingerprint density at radius 2 is 0.650 bits per heavy atom. The second kappa shape index (κ2) is 12.2. The highest BCUT2D eigenvalue weighted by atomic mass is 29.3. The Labute approximate surface area is 250 Å². The molecular formula is C30H60N6Si4. The molecule has 0 unspecified atom stereocenters. The monoisotopic (exact) mass is 616 g/mol. The maximum atomic E-state index is 7.65. The first-order chi connectivity index (χ1) is 18.0. The Balaban J connectivity index is 3.08. The average molecular weight is 617 g/mol. The number of hydrogen-bond acceptors (Lipinski definition) is 6. The smallest absolute Gasteiger partial charge is 0.343 e. The predicted octanol–water partition coefficient (Wildman–Crippen LogP) is 6.95. The zero-order valence-electron chi connectivity index (χ0n) is 28.0. The molecule has 0 radical (unpaired) electrons. The molecule has 0 fully saturated rings. The summed E-state index contributed by atoms with van der Waals surface area (Å²) in [7, 11) is -11.4. The van der Waals surface area contributed by atoms with Crippen molar-refractivity contribution < 1.29 is 0 Å². The van der Waals surface area contributed by atoms with Gasteiger partial charge < -0.3 is 30.1 Å². The lowest BCUT2D eigenvalue weighted by Crippen LogP contribution is -3.00. The number of benzene rings is 2. The molecule has 0 aromatic heterocycles. The minimum Gasteiger partial charge on any atom is -0.400 e. The molecule has 0 saturated carbocycles. The van der Waals surface area contributed by atoms with Crippen LogP contribution in [-0.4, -0.2) is 32.6 Å². The Morgan fingerprint density at radius 1 is 0.450 bits per heavy atom. The first-order valence-corrected chi connectivity index (χ1v) is 27.1. The zero-order valence-corrected chi connectivity index (χ0v) is 32.0. The summed E-state index contributed by atoms with van der Waals surface area (Å²) in [6.45, 7) is 32.0. The molecule has 2 aromatic carbocycles. The van der Waals surface area contributed by atoms with Crippen LogP contribution in [0.4, 0.5) is 11.4 Å². The van der Waals surface area contributed by atoms with Crippen molar-refractivity contribution in [1.29, 1.82) is 0 Å². The third-order valence-corrected chi connectivity index (χ3v) is 27.0. The van der Waals surface area contributed by atoms with Crippen LogP contribution >= 0.6 is 0 Å². The third-order valence-electron chi connectivity index (χ3n) is 7.86. The molecule has 2 rings (SSSR count). The van der Waals surface area contributed by atoms with Gasteiger partial charge in [-0.25, -0.2) is 0 Å². The van der Waals surface area contributed by atoms with Crippen molar-refractivity contribution in [2.24, 2.45) is 21.6 Å². The SMILES string of the molecule is CC(C)c1cccc(C(C)C)c1N([Si](C)(C)C)[Si](N)(N)[Si](N)(N)N(c1c(C(C)C)cccc1C(C)C)[Si](C)(C)C. The van der Waals surface area contributed by atoms with Gasteiger partial charge in [0.15, 0.2) is 0 Å². The van der Waals surface area contributed by atoms with Crippen molar-refractivity contribution in [3.63, 3.8) is 0 Å². The van der Waals surface area contributed by atoms with Crippen molar-refractivity contribution in [3.05, 3.63) is 58.7 Å². The fraction of sp³-hybridized carbons (Fsp3) is 0.600.